The number of hydrogen-bond acceptors (Lipinski definition) is 3. The molecule has 1 unspecified atom stereocenters. The smallest absolute Gasteiger partial charge is 0.237 e. The third-order valence-electron chi connectivity index (χ3n) is 2.96. The van der Waals surface area contributed by atoms with Gasteiger partial charge in [0.05, 0.1) is 4.90 Å². The van der Waals surface area contributed by atoms with Gasteiger partial charge in [-0.05, 0) is 38.3 Å². The molecule has 2 rings (SSSR count). The van der Waals surface area contributed by atoms with E-state index in [-0.39, 0.29) is 10.9 Å². The molecule has 0 bridgehead atoms. The first-order chi connectivity index (χ1) is 8.58. The third kappa shape index (κ3) is 3.41. The number of rotatable bonds is 4. The predicted octanol–water partition coefficient (Wildman–Crippen LogP) is 1.89. The lowest BCUT2D eigenvalue weighted by atomic mass is 10.0. The topological polar surface area (TPSA) is 58.2 Å². The van der Waals surface area contributed by atoms with Gasteiger partial charge in [0.15, 0.2) is 0 Å². The van der Waals surface area contributed by atoms with Gasteiger partial charge in [0, 0.05) is 6.04 Å². The van der Waals surface area contributed by atoms with Crippen molar-refractivity contribution in [2.45, 2.75) is 37.1 Å². The van der Waals surface area contributed by atoms with E-state index in [1.165, 1.54) is 0 Å². The molecular formula is C13H18N2O2S. The highest BCUT2D eigenvalue weighted by molar-refractivity contribution is 7.89. The number of hydrogen-bond donors (Lipinski definition) is 2. The monoisotopic (exact) mass is 266 g/mol. The molecule has 0 saturated carbocycles. The number of nitrogens with one attached hydrogen (secondary N) is 2. The van der Waals surface area contributed by atoms with Crippen molar-refractivity contribution in [2.75, 3.05) is 0 Å². The highest BCUT2D eigenvalue weighted by atomic mass is 32.2. The molecular weight excluding hydrogens is 248 g/mol. The summed E-state index contributed by atoms with van der Waals surface area (Å²) in [4.78, 5) is 2.71. The van der Waals surface area contributed by atoms with Crippen molar-refractivity contribution in [3.05, 3.63) is 42.0 Å². The van der Waals surface area contributed by atoms with Crippen molar-refractivity contribution in [3.8, 4) is 0 Å². The van der Waals surface area contributed by atoms with Gasteiger partial charge in [-0.3, -0.25) is 0 Å². The average molecular weight is 266 g/mol. The van der Waals surface area contributed by atoms with Crippen LogP contribution in [0.2, 0.25) is 0 Å². The third-order valence-corrected chi connectivity index (χ3v) is 4.24. The van der Waals surface area contributed by atoms with E-state index in [9.17, 15) is 8.42 Å². The molecule has 0 saturated heterocycles. The fourth-order valence-corrected chi connectivity index (χ4v) is 2.78. The van der Waals surface area contributed by atoms with Gasteiger partial charge in [-0.1, -0.05) is 29.8 Å². The first-order valence-electron chi connectivity index (χ1n) is 6.08. The lowest BCUT2D eigenvalue weighted by Crippen LogP contribution is -2.43. The fourth-order valence-electron chi connectivity index (χ4n) is 1.86. The zero-order chi connectivity index (χ0) is 13.0. The van der Waals surface area contributed by atoms with Crippen LogP contribution in [0.25, 0.3) is 0 Å². The first-order valence-corrected chi connectivity index (χ1v) is 7.57. The Labute approximate surface area is 108 Å². The van der Waals surface area contributed by atoms with Gasteiger partial charge in [0.25, 0.3) is 10.0 Å². The summed E-state index contributed by atoms with van der Waals surface area (Å²) in [6.07, 6.45) is 7.18. The average Bonchev–Trinajstić information content (AvgIpc) is 2.38. The predicted molar refractivity (Wildman–Crippen MR) is 71.4 cm³/mol. The second-order valence-corrected chi connectivity index (χ2v) is 6.21. The van der Waals surface area contributed by atoms with Gasteiger partial charge in [-0.25, -0.2) is 13.8 Å². The van der Waals surface area contributed by atoms with E-state index in [2.05, 4.69) is 16.3 Å². The van der Waals surface area contributed by atoms with Gasteiger partial charge in [-0.15, -0.1) is 4.83 Å². The molecule has 1 aliphatic carbocycles. The van der Waals surface area contributed by atoms with Crippen LogP contribution in [0.3, 0.4) is 0 Å². The molecule has 0 heterocycles. The standard InChI is InChI=1S/C13H18N2O2S/c1-11-7-9-13(10-8-11)18(16,17)15-14-12-5-3-2-4-6-12/h3,5,7-10,12,14-15H,2,4,6H2,1H3. The van der Waals surface area contributed by atoms with Crippen molar-refractivity contribution >= 4 is 10.0 Å². The molecule has 0 fully saturated rings. The lowest BCUT2D eigenvalue weighted by Gasteiger charge is -2.18. The molecule has 18 heavy (non-hydrogen) atoms. The van der Waals surface area contributed by atoms with Gasteiger partial charge >= 0.3 is 0 Å². The molecule has 5 heteroatoms. The Hall–Kier alpha value is -1.17. The second-order valence-electron chi connectivity index (χ2n) is 4.53. The Morgan fingerprint density at radius 1 is 1.22 bits per heavy atom. The number of aryl methyl sites for hydroxylation is 1. The van der Waals surface area contributed by atoms with E-state index < -0.39 is 10.0 Å². The van der Waals surface area contributed by atoms with Gasteiger partial charge in [-0.2, -0.15) is 0 Å². The summed E-state index contributed by atoms with van der Waals surface area (Å²) in [6.45, 7) is 1.93. The maximum atomic E-state index is 12.0. The molecule has 1 aromatic rings. The summed E-state index contributed by atoms with van der Waals surface area (Å²) in [5, 5.41) is 0. The fraction of sp³-hybridized carbons (Fsp3) is 0.385. The minimum atomic E-state index is -3.47. The normalized spacial score (nSPS) is 19.9. The Balaban J connectivity index is 2.01. The minimum absolute atomic E-state index is 0.0824. The molecule has 0 aromatic heterocycles. The number of benzene rings is 1. The Morgan fingerprint density at radius 2 is 1.94 bits per heavy atom. The highest BCUT2D eigenvalue weighted by Gasteiger charge is 2.15. The summed E-state index contributed by atoms with van der Waals surface area (Å²) in [5.41, 5.74) is 3.89. The molecule has 4 nitrogen and oxygen atoms in total. The van der Waals surface area contributed by atoms with Gasteiger partial charge in [0.1, 0.15) is 0 Å². The van der Waals surface area contributed by atoms with Crippen LogP contribution in [0.1, 0.15) is 24.8 Å². The molecule has 0 aliphatic heterocycles. The summed E-state index contributed by atoms with van der Waals surface area (Å²) >= 11 is 0. The van der Waals surface area contributed by atoms with Crippen molar-refractivity contribution in [3.63, 3.8) is 0 Å². The van der Waals surface area contributed by atoms with Crippen LogP contribution in [-0.4, -0.2) is 14.5 Å². The Kier molecular flexibility index (Phi) is 4.16. The quantitative estimate of drug-likeness (QED) is 0.646. The Morgan fingerprint density at radius 3 is 2.56 bits per heavy atom. The van der Waals surface area contributed by atoms with Crippen molar-refractivity contribution in [1.82, 2.24) is 10.3 Å². The van der Waals surface area contributed by atoms with Crippen molar-refractivity contribution in [1.29, 1.82) is 0 Å². The summed E-state index contributed by atoms with van der Waals surface area (Å²) < 4.78 is 24.0. The second kappa shape index (κ2) is 5.65. The lowest BCUT2D eigenvalue weighted by molar-refractivity contribution is 0.489. The van der Waals surface area contributed by atoms with Crippen LogP contribution in [0.15, 0.2) is 41.3 Å². The van der Waals surface area contributed by atoms with Crippen molar-refractivity contribution in [2.24, 2.45) is 0 Å². The van der Waals surface area contributed by atoms with E-state index in [0.29, 0.717) is 0 Å². The Bertz CT molecular complexity index is 520. The largest absolute Gasteiger partial charge is 0.253 e. The molecule has 1 aliphatic rings. The van der Waals surface area contributed by atoms with Crippen LogP contribution in [0, 0.1) is 6.92 Å². The highest BCUT2D eigenvalue weighted by Crippen LogP contribution is 2.11. The molecule has 0 amide bonds. The van der Waals surface area contributed by atoms with E-state index in [4.69, 9.17) is 0 Å². The molecule has 0 radical (unpaired) electrons. The van der Waals surface area contributed by atoms with Crippen LogP contribution in [-0.2, 0) is 10.0 Å². The maximum Gasteiger partial charge on any atom is 0.253 e. The van der Waals surface area contributed by atoms with Crippen LogP contribution < -0.4 is 10.3 Å². The van der Waals surface area contributed by atoms with E-state index >= 15 is 0 Å². The van der Waals surface area contributed by atoms with Gasteiger partial charge < -0.3 is 0 Å². The zero-order valence-electron chi connectivity index (χ0n) is 10.4. The van der Waals surface area contributed by atoms with E-state index in [1.807, 2.05) is 13.0 Å². The summed E-state index contributed by atoms with van der Waals surface area (Å²) in [5.74, 6) is 0. The number of allylic oxidation sites excluding steroid dienone is 1. The SMILES string of the molecule is Cc1ccc(S(=O)(=O)NNC2C=CCCC2)cc1. The minimum Gasteiger partial charge on any atom is -0.237 e. The molecule has 1 aromatic carbocycles. The number of hydrazine groups is 1. The molecule has 1 atom stereocenters. The molecule has 2 N–H and O–H groups in total. The maximum absolute atomic E-state index is 12.0. The first kappa shape index (κ1) is 13.3. The van der Waals surface area contributed by atoms with Crippen LogP contribution >= 0.6 is 0 Å². The van der Waals surface area contributed by atoms with Crippen LogP contribution in [0.4, 0.5) is 0 Å². The van der Waals surface area contributed by atoms with Crippen LogP contribution in [0.5, 0.6) is 0 Å². The van der Waals surface area contributed by atoms with E-state index in [1.54, 1.807) is 24.3 Å². The summed E-state index contributed by atoms with van der Waals surface area (Å²) in [7, 11) is -3.47. The molecule has 98 valence electrons. The van der Waals surface area contributed by atoms with Gasteiger partial charge in [0.2, 0.25) is 0 Å². The number of sulfonamides is 1. The summed E-state index contributed by atoms with van der Waals surface area (Å²) in [6, 6.07) is 6.87. The van der Waals surface area contributed by atoms with E-state index in [0.717, 1.165) is 24.8 Å². The zero-order valence-corrected chi connectivity index (χ0v) is 11.2. The van der Waals surface area contributed by atoms with Crippen molar-refractivity contribution < 1.29 is 8.42 Å². The molecule has 0 spiro atoms.